The van der Waals surface area contributed by atoms with Gasteiger partial charge in [-0.25, -0.2) is 9.59 Å². The number of benzene rings is 3. The normalized spacial score (nSPS) is 10.4. The summed E-state index contributed by atoms with van der Waals surface area (Å²) >= 11 is 12.4. The van der Waals surface area contributed by atoms with Gasteiger partial charge < -0.3 is 15.4 Å². The van der Waals surface area contributed by atoms with Gasteiger partial charge in [0, 0.05) is 16.1 Å². The Bertz CT molecular complexity index is 991. The van der Waals surface area contributed by atoms with Crippen LogP contribution >= 0.6 is 23.2 Å². The third-order valence-corrected chi connectivity index (χ3v) is 4.18. The molecule has 7 heteroatoms. The number of nitrogens with one attached hydrogen (secondary N) is 2. The van der Waals surface area contributed by atoms with Crippen LogP contribution in [0.15, 0.2) is 54.6 Å². The number of hydrogen-bond donors (Lipinski definition) is 2. The molecule has 2 N–H and O–H groups in total. The van der Waals surface area contributed by atoms with Gasteiger partial charge in [0.05, 0.1) is 23.4 Å². The van der Waals surface area contributed by atoms with Crippen LogP contribution in [0.1, 0.15) is 10.4 Å². The molecule has 0 radical (unpaired) electrons. The molecule has 5 nitrogen and oxygen atoms in total. The zero-order valence-corrected chi connectivity index (χ0v) is 15.2. The van der Waals surface area contributed by atoms with Crippen molar-refractivity contribution >= 4 is 57.3 Å². The number of hydrogen-bond acceptors (Lipinski definition) is 3. The highest BCUT2D eigenvalue weighted by Gasteiger charge is 2.15. The topological polar surface area (TPSA) is 67.4 Å². The molecule has 0 saturated carbocycles. The van der Waals surface area contributed by atoms with Gasteiger partial charge >= 0.3 is 12.0 Å². The fraction of sp³-hybridized carbons (Fsp3) is 0.0526. The molecule has 26 heavy (non-hydrogen) atoms. The lowest BCUT2D eigenvalue weighted by molar-refractivity contribution is 0.0601. The van der Waals surface area contributed by atoms with Crippen LogP contribution in [0.3, 0.4) is 0 Å². The molecule has 0 aromatic heterocycles. The fourth-order valence-electron chi connectivity index (χ4n) is 2.57. The van der Waals surface area contributed by atoms with Gasteiger partial charge in [-0.3, -0.25) is 0 Å². The molecule has 0 heterocycles. The van der Waals surface area contributed by atoms with Crippen LogP contribution in [0.4, 0.5) is 16.2 Å². The molecule has 3 aromatic carbocycles. The fourth-order valence-corrected chi connectivity index (χ4v) is 3.18. The van der Waals surface area contributed by atoms with Crippen molar-refractivity contribution in [1.29, 1.82) is 0 Å². The van der Waals surface area contributed by atoms with E-state index in [1.54, 1.807) is 30.3 Å². The number of esters is 1. The number of anilines is 2. The number of carbonyl (C=O) groups excluding carboxylic acids is 2. The molecule has 0 spiro atoms. The molecule has 0 bridgehead atoms. The molecule has 0 aliphatic rings. The second-order valence-electron chi connectivity index (χ2n) is 5.45. The lowest BCUT2D eigenvalue weighted by Gasteiger charge is -2.13. The van der Waals surface area contributed by atoms with Crippen molar-refractivity contribution in [2.45, 2.75) is 0 Å². The number of halogens is 2. The first-order valence-corrected chi connectivity index (χ1v) is 8.37. The Labute approximate surface area is 159 Å². The summed E-state index contributed by atoms with van der Waals surface area (Å²) in [6.45, 7) is 0. The van der Waals surface area contributed by atoms with E-state index in [4.69, 9.17) is 27.9 Å². The van der Waals surface area contributed by atoms with Crippen molar-refractivity contribution in [3.63, 3.8) is 0 Å². The first-order valence-electron chi connectivity index (χ1n) is 7.62. The minimum Gasteiger partial charge on any atom is -0.465 e. The van der Waals surface area contributed by atoms with Crippen LogP contribution in [0.25, 0.3) is 10.8 Å². The van der Waals surface area contributed by atoms with Crippen LogP contribution in [0, 0.1) is 0 Å². The highest BCUT2D eigenvalue weighted by Crippen LogP contribution is 2.35. The van der Waals surface area contributed by atoms with E-state index < -0.39 is 12.0 Å². The predicted octanol–water partition coefficient (Wildman–Crippen LogP) is 5.58. The summed E-state index contributed by atoms with van der Waals surface area (Å²) < 4.78 is 4.77. The minimum absolute atomic E-state index is 0.272. The quantitative estimate of drug-likeness (QED) is 0.575. The van der Waals surface area contributed by atoms with E-state index in [1.807, 2.05) is 18.2 Å². The Kier molecular flexibility index (Phi) is 5.30. The molecule has 2 amide bonds. The van der Waals surface area contributed by atoms with Crippen LogP contribution in [-0.4, -0.2) is 19.1 Å². The van der Waals surface area contributed by atoms with Crippen molar-refractivity contribution in [3.05, 3.63) is 70.2 Å². The van der Waals surface area contributed by atoms with E-state index in [0.717, 1.165) is 0 Å². The van der Waals surface area contributed by atoms with Crippen molar-refractivity contribution in [2.75, 3.05) is 17.7 Å². The molecule has 0 aliphatic carbocycles. The van der Waals surface area contributed by atoms with E-state index >= 15 is 0 Å². The number of urea groups is 1. The summed E-state index contributed by atoms with van der Waals surface area (Å²) in [6.07, 6.45) is 0. The van der Waals surface area contributed by atoms with E-state index in [1.165, 1.54) is 13.2 Å². The summed E-state index contributed by atoms with van der Waals surface area (Å²) in [5, 5.41) is 7.41. The van der Waals surface area contributed by atoms with Gasteiger partial charge in [-0.2, -0.15) is 0 Å². The third kappa shape index (κ3) is 3.90. The van der Waals surface area contributed by atoms with Crippen LogP contribution < -0.4 is 10.6 Å². The molecule has 3 rings (SSSR count). The highest BCUT2D eigenvalue weighted by atomic mass is 35.5. The van der Waals surface area contributed by atoms with Gasteiger partial charge in [0.2, 0.25) is 0 Å². The van der Waals surface area contributed by atoms with E-state index in [9.17, 15) is 9.59 Å². The molecule has 3 aromatic rings. The summed E-state index contributed by atoms with van der Waals surface area (Å²) in [4.78, 5) is 24.3. The summed E-state index contributed by atoms with van der Waals surface area (Å²) in [6, 6.07) is 14.9. The maximum atomic E-state index is 12.3. The second kappa shape index (κ2) is 7.64. The van der Waals surface area contributed by atoms with Crippen LogP contribution in [-0.2, 0) is 4.74 Å². The average molecular weight is 389 g/mol. The lowest BCUT2D eigenvalue weighted by Crippen LogP contribution is -2.20. The molecular formula is C19H14Cl2N2O3. The number of methoxy groups -OCH3 is 1. The molecule has 0 unspecified atom stereocenters. The Morgan fingerprint density at radius 3 is 2.38 bits per heavy atom. The zero-order valence-electron chi connectivity index (χ0n) is 13.7. The first kappa shape index (κ1) is 18.0. The predicted molar refractivity (Wildman–Crippen MR) is 104 cm³/mol. The maximum Gasteiger partial charge on any atom is 0.337 e. The number of amides is 2. The highest BCUT2D eigenvalue weighted by molar-refractivity contribution is 6.40. The Balaban J connectivity index is 2.02. The number of fused-ring (bicyclic) bond motifs is 1. The first-order chi connectivity index (χ1) is 12.5. The van der Waals surface area contributed by atoms with Crippen LogP contribution in [0.2, 0.25) is 10.0 Å². The summed E-state index contributed by atoms with van der Waals surface area (Å²) in [5.74, 6) is -0.533. The number of carbonyl (C=O) groups is 2. The minimum atomic E-state index is -0.533. The van der Waals surface area contributed by atoms with Crippen molar-refractivity contribution < 1.29 is 14.3 Å². The van der Waals surface area contributed by atoms with Gasteiger partial charge in [-0.15, -0.1) is 0 Å². The standard InChI is InChI=1S/C19H14Cl2N2O3/c1-26-18(24)12-7-11-8-13(20)10-15(21)17(11)16(9-12)23-19(25)22-14-5-3-2-4-6-14/h2-10H,1H3,(H2,22,23,25). The van der Waals surface area contributed by atoms with E-state index in [2.05, 4.69) is 10.6 Å². The maximum absolute atomic E-state index is 12.3. The van der Waals surface area contributed by atoms with Gasteiger partial charge in [0.1, 0.15) is 0 Å². The lowest BCUT2D eigenvalue weighted by atomic mass is 10.0. The summed E-state index contributed by atoms with van der Waals surface area (Å²) in [7, 11) is 1.28. The van der Waals surface area contributed by atoms with Gasteiger partial charge in [-0.05, 0) is 41.8 Å². The number of ether oxygens (including phenoxy) is 1. The van der Waals surface area contributed by atoms with Crippen molar-refractivity contribution in [3.8, 4) is 0 Å². The smallest absolute Gasteiger partial charge is 0.337 e. The van der Waals surface area contributed by atoms with Crippen LogP contribution in [0.5, 0.6) is 0 Å². The number of para-hydroxylation sites is 1. The van der Waals surface area contributed by atoms with Crippen molar-refractivity contribution in [1.82, 2.24) is 0 Å². The summed E-state index contributed by atoms with van der Waals surface area (Å²) in [5.41, 5.74) is 1.28. The molecule has 0 saturated heterocycles. The second-order valence-corrected chi connectivity index (χ2v) is 6.29. The molecule has 0 fully saturated rings. The Morgan fingerprint density at radius 2 is 1.69 bits per heavy atom. The Hall–Kier alpha value is -2.76. The van der Waals surface area contributed by atoms with Crippen molar-refractivity contribution in [2.24, 2.45) is 0 Å². The monoisotopic (exact) mass is 388 g/mol. The molecular weight excluding hydrogens is 375 g/mol. The Morgan fingerprint density at radius 1 is 0.962 bits per heavy atom. The zero-order chi connectivity index (χ0) is 18.7. The SMILES string of the molecule is COC(=O)c1cc(NC(=O)Nc2ccccc2)c2c(Cl)cc(Cl)cc2c1. The van der Waals surface area contributed by atoms with E-state index in [-0.39, 0.29) is 5.56 Å². The molecule has 0 aliphatic heterocycles. The van der Waals surface area contributed by atoms with Gasteiger partial charge in [0.15, 0.2) is 0 Å². The van der Waals surface area contributed by atoms with Gasteiger partial charge in [0.25, 0.3) is 0 Å². The third-order valence-electron chi connectivity index (χ3n) is 3.67. The molecule has 0 atom stereocenters. The largest absolute Gasteiger partial charge is 0.465 e. The molecule has 132 valence electrons. The van der Waals surface area contributed by atoms with Gasteiger partial charge in [-0.1, -0.05) is 41.4 Å². The number of rotatable bonds is 3. The van der Waals surface area contributed by atoms with E-state index in [0.29, 0.717) is 32.2 Å². The average Bonchev–Trinajstić information content (AvgIpc) is 2.60.